The Morgan fingerprint density at radius 1 is 1.08 bits per heavy atom. The summed E-state index contributed by atoms with van der Waals surface area (Å²) in [5.41, 5.74) is 0. The Labute approximate surface area is 214 Å². The number of carbonyl (C=O) groups is 4. The average molecular weight is 554 g/mol. The van der Waals surface area contributed by atoms with Gasteiger partial charge in [-0.25, -0.2) is 0 Å². The van der Waals surface area contributed by atoms with Crippen LogP contribution in [-0.2, 0) is 19.2 Å². The molecule has 38 heavy (non-hydrogen) atoms. The minimum atomic E-state index is -5.92. The van der Waals surface area contributed by atoms with Gasteiger partial charge < -0.3 is 20.9 Å². The SMILES string of the molecule is CC(=O)N[C@H](C(=O)N1C[C@@H]2CCC[C@@H]2[C@H]1C(=O)N[C@H](C#N)C[C@@H]1CCCNC1=O)C(C(F)(F)F)C(F)(F)F. The van der Waals surface area contributed by atoms with Crippen molar-refractivity contribution < 1.29 is 45.5 Å². The van der Waals surface area contributed by atoms with Crippen molar-refractivity contribution in [2.45, 2.75) is 75.9 Å². The smallest absolute Gasteiger partial charge is 0.356 e. The number of nitriles is 1. The highest BCUT2D eigenvalue weighted by atomic mass is 19.4. The van der Waals surface area contributed by atoms with Crippen molar-refractivity contribution in [2.75, 3.05) is 13.1 Å². The molecule has 0 radical (unpaired) electrons. The van der Waals surface area contributed by atoms with E-state index in [2.05, 4.69) is 10.6 Å². The molecule has 0 aromatic heterocycles. The van der Waals surface area contributed by atoms with E-state index in [-0.39, 0.29) is 24.8 Å². The monoisotopic (exact) mass is 553 g/mol. The first-order valence-corrected chi connectivity index (χ1v) is 12.3. The van der Waals surface area contributed by atoms with Crippen molar-refractivity contribution in [1.82, 2.24) is 20.9 Å². The van der Waals surface area contributed by atoms with Crippen LogP contribution in [0.5, 0.6) is 0 Å². The van der Waals surface area contributed by atoms with Crippen LogP contribution in [-0.4, -0.2) is 72.1 Å². The fourth-order valence-electron chi connectivity index (χ4n) is 5.86. The van der Waals surface area contributed by atoms with Crippen LogP contribution in [0.3, 0.4) is 0 Å². The van der Waals surface area contributed by atoms with E-state index in [0.717, 1.165) is 0 Å². The van der Waals surface area contributed by atoms with E-state index in [1.165, 1.54) is 5.32 Å². The quantitative estimate of drug-likeness (QED) is 0.414. The molecular formula is C23H29F6N5O4. The normalized spacial score (nSPS) is 27.2. The van der Waals surface area contributed by atoms with E-state index in [1.54, 1.807) is 0 Å². The molecule has 2 aliphatic heterocycles. The lowest BCUT2D eigenvalue weighted by molar-refractivity contribution is -0.290. The van der Waals surface area contributed by atoms with Gasteiger partial charge in [-0.2, -0.15) is 31.6 Å². The van der Waals surface area contributed by atoms with Crippen molar-refractivity contribution in [3.8, 4) is 6.07 Å². The van der Waals surface area contributed by atoms with Crippen molar-refractivity contribution in [3.63, 3.8) is 0 Å². The number of hydrogen-bond donors (Lipinski definition) is 3. The Bertz CT molecular complexity index is 967. The number of rotatable bonds is 7. The molecule has 15 heteroatoms. The molecule has 6 atom stereocenters. The van der Waals surface area contributed by atoms with Gasteiger partial charge in [-0.1, -0.05) is 6.42 Å². The van der Waals surface area contributed by atoms with Gasteiger partial charge in [0.25, 0.3) is 0 Å². The van der Waals surface area contributed by atoms with Crippen LogP contribution in [0, 0.1) is 35.0 Å². The number of likely N-dealkylation sites (tertiary alicyclic amines) is 1. The van der Waals surface area contributed by atoms with Gasteiger partial charge in [0.15, 0.2) is 5.92 Å². The second-order valence-corrected chi connectivity index (χ2v) is 10.1. The molecule has 4 amide bonds. The summed E-state index contributed by atoms with van der Waals surface area (Å²) in [6.07, 6.45) is -9.16. The molecule has 1 saturated carbocycles. The number of hydrogen-bond acceptors (Lipinski definition) is 5. The first kappa shape index (κ1) is 29.5. The Morgan fingerprint density at radius 2 is 1.74 bits per heavy atom. The summed E-state index contributed by atoms with van der Waals surface area (Å²) in [6.45, 7) is 0.904. The fraction of sp³-hybridized carbons (Fsp3) is 0.783. The van der Waals surface area contributed by atoms with Crippen molar-refractivity contribution in [2.24, 2.45) is 23.7 Å². The topological polar surface area (TPSA) is 131 Å². The van der Waals surface area contributed by atoms with Gasteiger partial charge in [0, 0.05) is 25.9 Å². The summed E-state index contributed by atoms with van der Waals surface area (Å²) in [5.74, 6) is -9.76. The lowest BCUT2D eigenvalue weighted by Crippen LogP contribution is -2.62. The number of carbonyl (C=O) groups excluding carboxylic acids is 4. The molecule has 3 rings (SSSR count). The zero-order valence-corrected chi connectivity index (χ0v) is 20.5. The average Bonchev–Trinajstić information content (AvgIpc) is 3.38. The molecule has 0 aromatic rings. The maximum atomic E-state index is 13.5. The standard InChI is InChI=1S/C23H29F6N5O4/c1-11(35)32-16(18(22(24,25)26)23(27,28)29)21(38)34-10-13-4-2-6-15(13)17(34)20(37)33-14(9-30)8-12-5-3-7-31-19(12)36/h12-18H,2-8,10H2,1H3,(H,31,36)(H,32,35)(H,33,37)/t12-,13-,14-,15-,16-,17-/m0/s1. The molecule has 0 aromatic carbocycles. The molecular weight excluding hydrogens is 524 g/mol. The maximum Gasteiger partial charge on any atom is 0.403 e. The molecule has 0 bridgehead atoms. The van der Waals surface area contributed by atoms with Gasteiger partial charge in [0.05, 0.1) is 6.07 Å². The Kier molecular flexibility index (Phi) is 8.82. The van der Waals surface area contributed by atoms with Crippen molar-refractivity contribution in [3.05, 3.63) is 0 Å². The third-order valence-corrected chi connectivity index (χ3v) is 7.50. The first-order chi connectivity index (χ1) is 17.6. The van der Waals surface area contributed by atoms with E-state index in [0.29, 0.717) is 50.5 Å². The predicted molar refractivity (Wildman–Crippen MR) is 117 cm³/mol. The molecule has 0 unspecified atom stereocenters. The van der Waals surface area contributed by atoms with Crippen LogP contribution >= 0.6 is 0 Å². The predicted octanol–water partition coefficient (Wildman–Crippen LogP) is 1.78. The number of halogens is 6. The summed E-state index contributed by atoms with van der Waals surface area (Å²) < 4.78 is 81.2. The molecule has 3 N–H and O–H groups in total. The second kappa shape index (κ2) is 11.4. The maximum absolute atomic E-state index is 13.5. The molecule has 9 nitrogen and oxygen atoms in total. The summed E-state index contributed by atoms with van der Waals surface area (Å²) in [5, 5.41) is 16.2. The molecule has 1 aliphatic carbocycles. The number of fused-ring (bicyclic) bond motifs is 1. The largest absolute Gasteiger partial charge is 0.403 e. The summed E-state index contributed by atoms with van der Waals surface area (Å²) in [6, 6.07) is -3.76. The molecule has 2 heterocycles. The van der Waals surface area contributed by atoms with Gasteiger partial charge >= 0.3 is 12.4 Å². The van der Waals surface area contributed by atoms with E-state index in [9.17, 15) is 50.8 Å². The minimum Gasteiger partial charge on any atom is -0.356 e. The van der Waals surface area contributed by atoms with Crippen LogP contribution in [0.15, 0.2) is 0 Å². The van der Waals surface area contributed by atoms with Gasteiger partial charge in [-0.05, 0) is 43.9 Å². The van der Waals surface area contributed by atoms with Gasteiger partial charge in [-0.15, -0.1) is 0 Å². The minimum absolute atomic E-state index is 0.0401. The molecule has 0 spiro atoms. The Hall–Kier alpha value is -3.05. The van der Waals surface area contributed by atoms with Crippen LogP contribution in [0.4, 0.5) is 26.3 Å². The lowest BCUT2D eigenvalue weighted by Gasteiger charge is -2.35. The molecule has 2 saturated heterocycles. The van der Waals surface area contributed by atoms with Crippen LogP contribution in [0.25, 0.3) is 0 Å². The fourth-order valence-corrected chi connectivity index (χ4v) is 5.86. The van der Waals surface area contributed by atoms with Crippen molar-refractivity contribution >= 4 is 23.6 Å². The van der Waals surface area contributed by atoms with Gasteiger partial charge in [0.2, 0.25) is 23.6 Å². The Balaban J connectivity index is 1.88. The summed E-state index contributed by atoms with van der Waals surface area (Å²) >= 11 is 0. The van der Waals surface area contributed by atoms with E-state index in [4.69, 9.17) is 0 Å². The third kappa shape index (κ3) is 6.50. The zero-order chi connectivity index (χ0) is 28.4. The zero-order valence-electron chi connectivity index (χ0n) is 20.5. The lowest BCUT2D eigenvalue weighted by atomic mass is 9.90. The van der Waals surface area contributed by atoms with E-state index < -0.39 is 66.0 Å². The molecule has 3 aliphatic rings. The molecule has 3 fully saturated rings. The number of nitrogens with zero attached hydrogens (tertiary/aromatic N) is 2. The number of piperidine rings is 1. The third-order valence-electron chi connectivity index (χ3n) is 7.50. The van der Waals surface area contributed by atoms with Gasteiger partial charge in [-0.3, -0.25) is 19.2 Å². The summed E-state index contributed by atoms with van der Waals surface area (Å²) in [4.78, 5) is 50.9. The van der Waals surface area contributed by atoms with Crippen LogP contribution < -0.4 is 16.0 Å². The highest BCUT2D eigenvalue weighted by Gasteiger charge is 2.64. The number of amides is 4. The van der Waals surface area contributed by atoms with Crippen molar-refractivity contribution in [1.29, 1.82) is 5.26 Å². The second-order valence-electron chi connectivity index (χ2n) is 10.1. The van der Waals surface area contributed by atoms with Gasteiger partial charge in [0.1, 0.15) is 18.1 Å². The number of nitrogens with one attached hydrogen (secondary N) is 3. The first-order valence-electron chi connectivity index (χ1n) is 12.3. The van der Waals surface area contributed by atoms with E-state index >= 15 is 0 Å². The van der Waals surface area contributed by atoms with Crippen LogP contribution in [0.2, 0.25) is 0 Å². The van der Waals surface area contributed by atoms with E-state index in [1.807, 2.05) is 6.07 Å². The summed E-state index contributed by atoms with van der Waals surface area (Å²) in [7, 11) is 0. The van der Waals surface area contributed by atoms with Crippen LogP contribution in [0.1, 0.15) is 45.4 Å². The Morgan fingerprint density at radius 3 is 2.29 bits per heavy atom. The highest BCUT2D eigenvalue weighted by molar-refractivity contribution is 5.93. The molecule has 212 valence electrons. The highest BCUT2D eigenvalue weighted by Crippen LogP contribution is 2.45. The number of alkyl halides is 6.